The van der Waals surface area contributed by atoms with Crippen LogP contribution in [0, 0.1) is 0 Å². The second-order valence-electron chi connectivity index (χ2n) is 4.55. The molecule has 0 saturated heterocycles. The average Bonchev–Trinajstić information content (AvgIpc) is 2.56. The molecule has 0 amide bonds. The molecule has 0 aliphatic heterocycles. The van der Waals surface area contributed by atoms with Gasteiger partial charge in [0.15, 0.2) is 0 Å². The minimum Gasteiger partial charge on any atom is -0.480 e. The minimum absolute atomic E-state index is 0.252. The number of hydrogen-bond acceptors (Lipinski definition) is 6. The molecule has 0 aromatic heterocycles. The van der Waals surface area contributed by atoms with Crippen molar-refractivity contribution < 1.29 is 28.0 Å². The first-order valence-corrected chi connectivity index (χ1v) is 8.69. The molecule has 0 bridgehead atoms. The number of phosphoric ester groups is 1. The van der Waals surface area contributed by atoms with E-state index in [-0.39, 0.29) is 11.5 Å². The fourth-order valence-electron chi connectivity index (χ4n) is 1.61. The van der Waals surface area contributed by atoms with Gasteiger partial charge in [-0.3, -0.25) is 9.32 Å². The number of hydrogen-bond donors (Lipinski definition) is 2. The maximum Gasteiger partial charge on any atom is 0.587 e. The highest BCUT2D eigenvalue weighted by Crippen LogP contribution is 2.49. The van der Waals surface area contributed by atoms with E-state index in [2.05, 4.69) is 0 Å². The van der Waals surface area contributed by atoms with Crippen LogP contribution in [0.3, 0.4) is 0 Å². The van der Waals surface area contributed by atoms with Crippen molar-refractivity contribution in [3.63, 3.8) is 0 Å². The zero-order valence-electron chi connectivity index (χ0n) is 12.4. The number of carboxylic acids is 1. The molecule has 0 fully saturated rings. The summed E-state index contributed by atoms with van der Waals surface area (Å²) in [4.78, 5) is 13.0. The van der Waals surface area contributed by atoms with E-state index in [9.17, 15) is 9.36 Å². The van der Waals surface area contributed by atoms with E-state index < -0.39 is 26.4 Å². The molecule has 24 heavy (non-hydrogen) atoms. The van der Waals surface area contributed by atoms with E-state index in [0.717, 1.165) is 0 Å². The van der Waals surface area contributed by atoms with Crippen LogP contribution in [0.2, 0.25) is 0 Å². The first kappa shape index (κ1) is 18.3. The third kappa shape index (κ3) is 5.54. The zero-order valence-corrected chi connectivity index (χ0v) is 14.0. The Labute approximate surface area is 143 Å². The molecule has 0 saturated carbocycles. The predicted molar refractivity (Wildman–Crippen MR) is 88.1 cm³/mol. The first-order chi connectivity index (χ1) is 11.5. The van der Waals surface area contributed by atoms with Crippen molar-refractivity contribution in [3.8, 4) is 11.5 Å². The van der Waals surface area contributed by atoms with E-state index in [1.54, 1.807) is 60.7 Å². The Balaban J connectivity index is 2.16. The summed E-state index contributed by atoms with van der Waals surface area (Å²) >= 11 is 5.33. The Morgan fingerprint density at radius 2 is 1.50 bits per heavy atom. The minimum atomic E-state index is -4.13. The van der Waals surface area contributed by atoms with E-state index in [1.807, 2.05) is 4.84 Å². The summed E-state index contributed by atoms with van der Waals surface area (Å²) in [6.07, 6.45) is 0. The molecule has 0 spiro atoms. The molecular weight excluding hydrogens is 357 g/mol. The van der Waals surface area contributed by atoms with Gasteiger partial charge in [-0.1, -0.05) is 36.4 Å². The number of rotatable bonds is 9. The number of benzene rings is 2. The molecule has 0 heterocycles. The zero-order chi connectivity index (χ0) is 17.4. The van der Waals surface area contributed by atoms with Gasteiger partial charge in [-0.2, -0.15) is 0 Å². The molecule has 1 atom stereocenters. The van der Waals surface area contributed by atoms with Crippen molar-refractivity contribution >= 4 is 25.6 Å². The largest absolute Gasteiger partial charge is 0.587 e. The monoisotopic (exact) mass is 371 g/mol. The van der Waals surface area contributed by atoms with Crippen LogP contribution in [0.5, 0.6) is 11.5 Å². The number of carboxylic acid groups (broad SMARTS) is 1. The molecule has 0 radical (unpaired) electrons. The fraction of sp³-hybridized carbons (Fsp3) is 0.133. The molecule has 0 aliphatic rings. The topological polar surface area (TPSA) is 94.1 Å². The smallest absolute Gasteiger partial charge is 0.480 e. The summed E-state index contributed by atoms with van der Waals surface area (Å²) in [5.41, 5.74) is 0. The highest BCUT2D eigenvalue weighted by Gasteiger charge is 2.33. The Morgan fingerprint density at radius 3 is 1.88 bits per heavy atom. The summed E-state index contributed by atoms with van der Waals surface area (Å²) in [6.45, 7) is -0.518. The molecule has 7 nitrogen and oxygen atoms in total. The summed E-state index contributed by atoms with van der Waals surface area (Å²) in [5, 5.41) is 8.95. The van der Waals surface area contributed by atoms with Crippen LogP contribution in [0.4, 0.5) is 0 Å². The molecule has 2 rings (SSSR count). The molecule has 128 valence electrons. The highest BCUT2D eigenvalue weighted by atomic mass is 35.5. The maximum atomic E-state index is 12.9. The van der Waals surface area contributed by atoms with Crippen molar-refractivity contribution in [2.45, 2.75) is 6.04 Å². The first-order valence-electron chi connectivity index (χ1n) is 6.85. The number of para-hydroxylation sites is 2. The summed E-state index contributed by atoms with van der Waals surface area (Å²) in [7, 11) is -4.13. The standard InChI is InChI=1S/C15H15ClNO6P/c16-17-14(15(18)19)11-21-24(20,22-12-7-3-1-4-8-12)23-13-9-5-2-6-10-13/h1-10,14,17H,11H2,(H,18,19). The van der Waals surface area contributed by atoms with E-state index in [1.165, 1.54) is 0 Å². The molecule has 2 aromatic rings. The lowest BCUT2D eigenvalue weighted by molar-refractivity contribution is -0.139. The Hall–Kier alpha value is -2.05. The molecule has 2 aromatic carbocycles. The number of aliphatic carboxylic acids is 1. The number of phosphoric acid groups is 1. The normalized spacial score (nSPS) is 12.4. The summed E-state index contributed by atoms with van der Waals surface area (Å²) < 4.78 is 28.7. The quantitative estimate of drug-likeness (QED) is 0.515. The van der Waals surface area contributed by atoms with Gasteiger partial charge in [0.2, 0.25) is 0 Å². The number of nitrogens with one attached hydrogen (secondary N) is 1. The van der Waals surface area contributed by atoms with Crippen LogP contribution >= 0.6 is 19.6 Å². The lowest BCUT2D eigenvalue weighted by Gasteiger charge is -2.20. The number of carbonyl (C=O) groups is 1. The predicted octanol–water partition coefficient (Wildman–Crippen LogP) is 3.47. The lowest BCUT2D eigenvalue weighted by Crippen LogP contribution is -2.35. The molecule has 9 heteroatoms. The SMILES string of the molecule is O=C(O)C(COP(=O)(Oc1ccccc1)Oc1ccccc1)NCl. The Morgan fingerprint density at radius 1 is 1.04 bits per heavy atom. The molecule has 1 unspecified atom stereocenters. The third-order valence-electron chi connectivity index (χ3n) is 2.75. The van der Waals surface area contributed by atoms with Gasteiger partial charge in [0, 0.05) is 0 Å². The van der Waals surface area contributed by atoms with Gasteiger partial charge in [0.1, 0.15) is 17.5 Å². The van der Waals surface area contributed by atoms with Gasteiger partial charge in [-0.15, -0.1) is 0 Å². The maximum absolute atomic E-state index is 12.9. The van der Waals surface area contributed by atoms with Crippen molar-refractivity contribution in [1.82, 2.24) is 4.84 Å². The van der Waals surface area contributed by atoms with Gasteiger partial charge < -0.3 is 14.2 Å². The van der Waals surface area contributed by atoms with Crippen LogP contribution in [0.15, 0.2) is 60.7 Å². The fourth-order valence-corrected chi connectivity index (χ4v) is 3.00. The van der Waals surface area contributed by atoms with Crippen LogP contribution in [0.1, 0.15) is 0 Å². The molecule has 0 aliphatic carbocycles. The van der Waals surface area contributed by atoms with Gasteiger partial charge in [0.25, 0.3) is 0 Å². The Bertz CT molecular complexity index is 654. The summed E-state index contributed by atoms with van der Waals surface area (Å²) in [5.74, 6) is -0.763. The average molecular weight is 372 g/mol. The van der Waals surface area contributed by atoms with Crippen molar-refractivity contribution in [3.05, 3.63) is 60.7 Å². The van der Waals surface area contributed by atoms with Gasteiger partial charge >= 0.3 is 13.8 Å². The van der Waals surface area contributed by atoms with Gasteiger partial charge in [-0.25, -0.2) is 9.40 Å². The third-order valence-corrected chi connectivity index (χ3v) is 4.35. The van der Waals surface area contributed by atoms with Crippen LogP contribution < -0.4 is 13.9 Å². The van der Waals surface area contributed by atoms with Crippen LogP contribution in [0.25, 0.3) is 0 Å². The van der Waals surface area contributed by atoms with Crippen LogP contribution in [-0.4, -0.2) is 23.7 Å². The number of halogens is 1. The second kappa shape index (κ2) is 8.70. The Kier molecular flexibility index (Phi) is 6.63. The van der Waals surface area contributed by atoms with Crippen molar-refractivity contribution in [1.29, 1.82) is 0 Å². The summed E-state index contributed by atoms with van der Waals surface area (Å²) in [6, 6.07) is 15.2. The van der Waals surface area contributed by atoms with Crippen LogP contribution in [-0.2, 0) is 13.9 Å². The van der Waals surface area contributed by atoms with E-state index >= 15 is 0 Å². The van der Waals surface area contributed by atoms with Crippen molar-refractivity contribution in [2.24, 2.45) is 0 Å². The highest BCUT2D eigenvalue weighted by molar-refractivity contribution is 7.49. The lowest BCUT2D eigenvalue weighted by atomic mass is 10.3. The second-order valence-corrected chi connectivity index (χ2v) is 6.29. The van der Waals surface area contributed by atoms with E-state index in [0.29, 0.717) is 0 Å². The van der Waals surface area contributed by atoms with E-state index in [4.69, 9.17) is 30.5 Å². The molecule has 2 N–H and O–H groups in total. The van der Waals surface area contributed by atoms with Gasteiger partial charge in [0.05, 0.1) is 6.61 Å². The van der Waals surface area contributed by atoms with Crippen molar-refractivity contribution in [2.75, 3.05) is 6.61 Å². The molecular formula is C15H15ClNO6P. The van der Waals surface area contributed by atoms with Gasteiger partial charge in [-0.05, 0) is 36.0 Å².